The molecule has 2 rings (SSSR count). The van der Waals surface area contributed by atoms with Crippen molar-refractivity contribution < 1.29 is 9.59 Å². The van der Waals surface area contributed by atoms with Crippen molar-refractivity contribution in [2.24, 2.45) is 5.92 Å². The van der Waals surface area contributed by atoms with Crippen LogP contribution in [0.1, 0.15) is 36.4 Å². The van der Waals surface area contributed by atoms with Gasteiger partial charge in [0.2, 0.25) is 5.91 Å². The Morgan fingerprint density at radius 2 is 2.36 bits per heavy atom. The first-order valence-electron chi connectivity index (χ1n) is 7.61. The molecule has 1 aromatic rings. The number of likely N-dealkylation sites (N-methyl/N-ethyl adjacent to an activating group) is 1. The van der Waals surface area contributed by atoms with E-state index in [1.54, 1.807) is 22.8 Å². The zero-order valence-corrected chi connectivity index (χ0v) is 13.8. The van der Waals surface area contributed by atoms with Crippen LogP contribution in [0.25, 0.3) is 0 Å². The van der Waals surface area contributed by atoms with Gasteiger partial charge in [0.05, 0.1) is 16.9 Å². The molecule has 1 saturated heterocycles. The highest BCUT2D eigenvalue weighted by atomic mass is 32.1. The van der Waals surface area contributed by atoms with Gasteiger partial charge in [-0.25, -0.2) is 0 Å². The Hall–Kier alpha value is -1.87. The highest BCUT2D eigenvalue weighted by Gasteiger charge is 2.37. The number of nitriles is 1. The Balaban J connectivity index is 2.10. The fourth-order valence-corrected chi connectivity index (χ4v) is 3.44. The molecule has 22 heavy (non-hydrogen) atoms. The normalized spacial score (nSPS) is 18.8. The van der Waals surface area contributed by atoms with Gasteiger partial charge in [-0.15, -0.1) is 11.3 Å². The molecule has 2 heterocycles. The van der Waals surface area contributed by atoms with Gasteiger partial charge in [0.25, 0.3) is 5.91 Å². The second kappa shape index (κ2) is 7.41. The minimum atomic E-state index is -0.388. The summed E-state index contributed by atoms with van der Waals surface area (Å²) in [5.74, 6) is -0.297. The van der Waals surface area contributed by atoms with Crippen LogP contribution in [0.4, 0.5) is 0 Å². The summed E-state index contributed by atoms with van der Waals surface area (Å²) >= 11 is 1.40. The number of rotatable bonds is 5. The SMILES string of the molecule is CCN(C[C@@H](C)C#N)C(=O)[C@@H]1CCCN1C(=O)c1cccs1. The highest BCUT2D eigenvalue weighted by Crippen LogP contribution is 2.24. The molecule has 1 aliphatic heterocycles. The number of nitrogens with zero attached hydrogens (tertiary/aromatic N) is 3. The monoisotopic (exact) mass is 319 g/mol. The molecule has 1 aromatic heterocycles. The van der Waals surface area contributed by atoms with Crippen molar-refractivity contribution in [3.63, 3.8) is 0 Å². The van der Waals surface area contributed by atoms with Crippen LogP contribution in [-0.4, -0.2) is 47.3 Å². The van der Waals surface area contributed by atoms with Gasteiger partial charge in [-0.05, 0) is 38.1 Å². The van der Waals surface area contributed by atoms with Crippen LogP contribution < -0.4 is 0 Å². The van der Waals surface area contributed by atoms with Crippen LogP contribution in [0.3, 0.4) is 0 Å². The summed E-state index contributed by atoms with van der Waals surface area (Å²) in [6, 6.07) is 5.41. The average molecular weight is 319 g/mol. The lowest BCUT2D eigenvalue weighted by molar-refractivity contribution is -0.135. The van der Waals surface area contributed by atoms with Crippen LogP contribution >= 0.6 is 11.3 Å². The fourth-order valence-electron chi connectivity index (χ4n) is 2.77. The lowest BCUT2D eigenvalue weighted by Crippen LogP contribution is -2.48. The molecule has 0 bridgehead atoms. The maximum atomic E-state index is 12.7. The van der Waals surface area contributed by atoms with Gasteiger partial charge in [0, 0.05) is 19.6 Å². The molecule has 0 aromatic carbocycles. The van der Waals surface area contributed by atoms with Crippen LogP contribution in [0.5, 0.6) is 0 Å². The van der Waals surface area contributed by atoms with E-state index in [-0.39, 0.29) is 23.8 Å². The van der Waals surface area contributed by atoms with E-state index in [4.69, 9.17) is 5.26 Å². The van der Waals surface area contributed by atoms with E-state index in [9.17, 15) is 9.59 Å². The van der Waals surface area contributed by atoms with Gasteiger partial charge >= 0.3 is 0 Å². The third-order valence-electron chi connectivity index (χ3n) is 3.94. The summed E-state index contributed by atoms with van der Waals surface area (Å²) in [6.07, 6.45) is 1.55. The number of hydrogen-bond donors (Lipinski definition) is 0. The molecule has 1 fully saturated rings. The molecule has 2 amide bonds. The third kappa shape index (κ3) is 3.47. The van der Waals surface area contributed by atoms with Crippen LogP contribution in [-0.2, 0) is 4.79 Å². The Kier molecular flexibility index (Phi) is 5.56. The van der Waals surface area contributed by atoms with Crippen molar-refractivity contribution in [3.8, 4) is 6.07 Å². The first kappa shape index (κ1) is 16.5. The van der Waals surface area contributed by atoms with E-state index in [0.29, 0.717) is 30.9 Å². The standard InChI is InChI=1S/C16H21N3O2S/c1-3-18(11-12(2)10-17)15(20)13-6-4-8-19(13)16(21)14-7-5-9-22-14/h5,7,9,12-13H,3-4,6,8,11H2,1-2H3/t12-,13-/m0/s1. The van der Waals surface area contributed by atoms with E-state index in [0.717, 1.165) is 6.42 Å². The number of amides is 2. The van der Waals surface area contributed by atoms with Crippen molar-refractivity contribution in [1.29, 1.82) is 5.26 Å². The molecule has 5 nitrogen and oxygen atoms in total. The average Bonchev–Trinajstić information content (AvgIpc) is 3.21. The second-order valence-electron chi connectivity index (χ2n) is 5.54. The number of likely N-dealkylation sites (tertiary alicyclic amines) is 1. The molecular weight excluding hydrogens is 298 g/mol. The van der Waals surface area contributed by atoms with Gasteiger partial charge < -0.3 is 9.80 Å². The third-order valence-corrected chi connectivity index (χ3v) is 4.80. The van der Waals surface area contributed by atoms with Gasteiger partial charge in [-0.3, -0.25) is 9.59 Å². The quantitative estimate of drug-likeness (QED) is 0.837. The van der Waals surface area contributed by atoms with Crippen molar-refractivity contribution in [3.05, 3.63) is 22.4 Å². The van der Waals surface area contributed by atoms with E-state index < -0.39 is 0 Å². The lowest BCUT2D eigenvalue weighted by Gasteiger charge is -2.30. The molecule has 1 aliphatic rings. The van der Waals surface area contributed by atoms with E-state index in [1.165, 1.54) is 11.3 Å². The summed E-state index contributed by atoms with van der Waals surface area (Å²) in [6.45, 7) is 5.31. The second-order valence-corrected chi connectivity index (χ2v) is 6.49. The van der Waals surface area contributed by atoms with Crippen LogP contribution in [0.2, 0.25) is 0 Å². The first-order chi connectivity index (χ1) is 10.6. The van der Waals surface area contributed by atoms with Crippen molar-refractivity contribution >= 4 is 23.2 Å². The Bertz CT molecular complexity index is 564. The highest BCUT2D eigenvalue weighted by molar-refractivity contribution is 7.12. The summed E-state index contributed by atoms with van der Waals surface area (Å²) in [4.78, 5) is 29.3. The van der Waals surface area contributed by atoms with Crippen molar-refractivity contribution in [2.75, 3.05) is 19.6 Å². The molecule has 0 spiro atoms. The molecule has 0 unspecified atom stereocenters. The number of hydrogen-bond acceptors (Lipinski definition) is 4. The van der Waals surface area contributed by atoms with Gasteiger partial charge in [-0.2, -0.15) is 5.26 Å². The van der Waals surface area contributed by atoms with Crippen LogP contribution in [0.15, 0.2) is 17.5 Å². The molecule has 0 N–H and O–H groups in total. The zero-order chi connectivity index (χ0) is 16.1. The van der Waals surface area contributed by atoms with Crippen molar-refractivity contribution in [1.82, 2.24) is 9.80 Å². The molecule has 118 valence electrons. The van der Waals surface area contributed by atoms with Gasteiger partial charge in [-0.1, -0.05) is 6.07 Å². The molecule has 0 aliphatic carbocycles. The van der Waals surface area contributed by atoms with Gasteiger partial charge in [0.15, 0.2) is 0 Å². The molecule has 6 heteroatoms. The summed E-state index contributed by atoms with van der Waals surface area (Å²) in [7, 11) is 0. The summed E-state index contributed by atoms with van der Waals surface area (Å²) < 4.78 is 0. The van der Waals surface area contributed by atoms with Crippen molar-refractivity contribution in [2.45, 2.75) is 32.7 Å². The summed E-state index contributed by atoms with van der Waals surface area (Å²) in [5, 5.41) is 10.8. The lowest BCUT2D eigenvalue weighted by atomic mass is 10.1. The first-order valence-corrected chi connectivity index (χ1v) is 8.49. The molecule has 0 radical (unpaired) electrons. The minimum Gasteiger partial charge on any atom is -0.340 e. The van der Waals surface area contributed by atoms with Gasteiger partial charge in [0.1, 0.15) is 6.04 Å². The zero-order valence-electron chi connectivity index (χ0n) is 13.0. The molecule has 0 saturated carbocycles. The van der Waals surface area contributed by atoms with E-state index >= 15 is 0 Å². The molecular formula is C16H21N3O2S. The van der Waals surface area contributed by atoms with E-state index in [1.807, 2.05) is 18.4 Å². The predicted octanol–water partition coefficient (Wildman–Crippen LogP) is 2.36. The predicted molar refractivity (Wildman–Crippen MR) is 85.4 cm³/mol. The molecule has 2 atom stereocenters. The number of carbonyl (C=O) groups is 2. The topological polar surface area (TPSA) is 64.4 Å². The summed E-state index contributed by atoms with van der Waals surface area (Å²) in [5.41, 5.74) is 0. The largest absolute Gasteiger partial charge is 0.340 e. The number of carbonyl (C=O) groups excluding carboxylic acids is 2. The Labute approximate surface area is 135 Å². The minimum absolute atomic E-state index is 0.0352. The number of thiophene rings is 1. The maximum absolute atomic E-state index is 12.7. The fraction of sp³-hybridized carbons (Fsp3) is 0.562. The Morgan fingerprint density at radius 3 is 2.95 bits per heavy atom. The van der Waals surface area contributed by atoms with E-state index in [2.05, 4.69) is 6.07 Å². The smallest absolute Gasteiger partial charge is 0.264 e. The van der Waals surface area contributed by atoms with Crippen LogP contribution in [0, 0.1) is 17.2 Å². The Morgan fingerprint density at radius 1 is 1.59 bits per heavy atom. The maximum Gasteiger partial charge on any atom is 0.264 e.